The molecule has 0 spiro atoms. The molecule has 0 heterocycles. The van der Waals surface area contributed by atoms with Gasteiger partial charge in [-0.3, -0.25) is 0 Å². The zero-order valence-electron chi connectivity index (χ0n) is 12.2. The van der Waals surface area contributed by atoms with Crippen LogP contribution in [0, 0.1) is 31.6 Å². The van der Waals surface area contributed by atoms with Crippen LogP contribution in [-0.4, -0.2) is 0 Å². The van der Waals surface area contributed by atoms with E-state index in [4.69, 9.17) is 5.73 Å². The molecule has 0 amide bonds. The molecule has 0 radical (unpaired) electrons. The molecule has 4 unspecified atom stereocenters. The van der Waals surface area contributed by atoms with Crippen molar-refractivity contribution in [1.29, 1.82) is 0 Å². The van der Waals surface area contributed by atoms with Gasteiger partial charge in [0, 0.05) is 6.04 Å². The maximum atomic E-state index is 6.53. The Bertz CT molecular complexity index is 410. The summed E-state index contributed by atoms with van der Waals surface area (Å²) in [6, 6.07) is 6.90. The highest BCUT2D eigenvalue weighted by Gasteiger charge is 2.29. The van der Waals surface area contributed by atoms with Crippen LogP contribution in [0.1, 0.15) is 55.8 Å². The van der Waals surface area contributed by atoms with Gasteiger partial charge in [-0.05, 0) is 55.6 Å². The normalized spacial score (nSPS) is 30.2. The van der Waals surface area contributed by atoms with E-state index < -0.39 is 0 Å². The number of aryl methyl sites for hydroxylation is 2. The minimum atomic E-state index is 0.223. The summed E-state index contributed by atoms with van der Waals surface area (Å²) in [5.41, 5.74) is 10.6. The van der Waals surface area contributed by atoms with Crippen LogP contribution in [-0.2, 0) is 0 Å². The van der Waals surface area contributed by atoms with Gasteiger partial charge in [0.15, 0.2) is 0 Å². The standard InChI is InChI=1S/C17H27N/c1-11-5-8-16(14(4)9-11)17(18)15-7-6-12(2)13(3)10-15/h5,8-9,12-13,15,17H,6-7,10,18H2,1-4H3. The predicted octanol–water partition coefficient (Wildman–Crippen LogP) is 4.38. The smallest absolute Gasteiger partial charge is 0.0326 e. The molecule has 2 N–H and O–H groups in total. The zero-order valence-corrected chi connectivity index (χ0v) is 12.2. The van der Waals surface area contributed by atoms with Gasteiger partial charge in [-0.25, -0.2) is 0 Å². The van der Waals surface area contributed by atoms with Gasteiger partial charge in [0.1, 0.15) is 0 Å². The largest absolute Gasteiger partial charge is 0.324 e. The number of benzene rings is 1. The summed E-state index contributed by atoms with van der Waals surface area (Å²) in [7, 11) is 0. The summed E-state index contributed by atoms with van der Waals surface area (Å²) < 4.78 is 0. The van der Waals surface area contributed by atoms with Gasteiger partial charge < -0.3 is 5.73 Å². The molecule has 0 aromatic heterocycles. The lowest BCUT2D eigenvalue weighted by molar-refractivity contribution is 0.186. The summed E-state index contributed by atoms with van der Waals surface area (Å²) in [5, 5.41) is 0. The number of hydrogen-bond donors (Lipinski definition) is 1. The fraction of sp³-hybridized carbons (Fsp3) is 0.647. The molecule has 0 aliphatic heterocycles. The molecule has 100 valence electrons. The van der Waals surface area contributed by atoms with Gasteiger partial charge in [-0.2, -0.15) is 0 Å². The Morgan fingerprint density at radius 2 is 1.83 bits per heavy atom. The Hall–Kier alpha value is -0.820. The quantitative estimate of drug-likeness (QED) is 0.822. The molecule has 1 aromatic rings. The van der Waals surface area contributed by atoms with Crippen molar-refractivity contribution in [3.05, 3.63) is 34.9 Å². The summed E-state index contributed by atoms with van der Waals surface area (Å²) in [6.45, 7) is 9.10. The third-order valence-corrected chi connectivity index (χ3v) is 4.93. The van der Waals surface area contributed by atoms with Gasteiger partial charge in [0.2, 0.25) is 0 Å². The second-order valence-electron chi connectivity index (χ2n) is 6.41. The molecule has 0 bridgehead atoms. The van der Waals surface area contributed by atoms with Crippen molar-refractivity contribution in [3.63, 3.8) is 0 Å². The van der Waals surface area contributed by atoms with E-state index >= 15 is 0 Å². The molecule has 18 heavy (non-hydrogen) atoms. The first-order valence-corrected chi connectivity index (χ1v) is 7.31. The molecule has 1 aromatic carbocycles. The van der Waals surface area contributed by atoms with Crippen LogP contribution in [0.3, 0.4) is 0 Å². The third-order valence-electron chi connectivity index (χ3n) is 4.93. The van der Waals surface area contributed by atoms with Crippen LogP contribution in [0.2, 0.25) is 0 Å². The average molecular weight is 245 g/mol. The first kappa shape index (κ1) is 13.6. The fourth-order valence-corrected chi connectivity index (χ4v) is 3.37. The maximum absolute atomic E-state index is 6.53. The highest BCUT2D eigenvalue weighted by Crippen LogP contribution is 2.39. The van der Waals surface area contributed by atoms with Crippen LogP contribution in [0.4, 0.5) is 0 Å². The number of hydrogen-bond acceptors (Lipinski definition) is 1. The molecule has 1 nitrogen and oxygen atoms in total. The predicted molar refractivity (Wildman–Crippen MR) is 78.5 cm³/mol. The molecule has 1 aliphatic rings. The molecule has 2 rings (SSSR count). The average Bonchev–Trinajstić information content (AvgIpc) is 2.32. The second kappa shape index (κ2) is 5.44. The van der Waals surface area contributed by atoms with Crippen LogP contribution < -0.4 is 5.73 Å². The van der Waals surface area contributed by atoms with E-state index in [9.17, 15) is 0 Å². The molecular formula is C17H27N. The van der Waals surface area contributed by atoms with Crippen molar-refractivity contribution < 1.29 is 0 Å². The first-order chi connectivity index (χ1) is 8.49. The number of rotatable bonds is 2. The van der Waals surface area contributed by atoms with E-state index in [1.54, 1.807) is 0 Å². The first-order valence-electron chi connectivity index (χ1n) is 7.31. The molecule has 1 fully saturated rings. The highest BCUT2D eigenvalue weighted by molar-refractivity contribution is 5.33. The van der Waals surface area contributed by atoms with E-state index in [1.807, 2.05) is 0 Å². The van der Waals surface area contributed by atoms with E-state index in [1.165, 1.54) is 36.0 Å². The summed E-state index contributed by atoms with van der Waals surface area (Å²) >= 11 is 0. The van der Waals surface area contributed by atoms with Crippen LogP contribution in [0.5, 0.6) is 0 Å². The zero-order chi connectivity index (χ0) is 13.3. The van der Waals surface area contributed by atoms with Crippen molar-refractivity contribution in [1.82, 2.24) is 0 Å². The summed E-state index contributed by atoms with van der Waals surface area (Å²) in [6.07, 6.45) is 3.92. The van der Waals surface area contributed by atoms with E-state index in [-0.39, 0.29) is 6.04 Å². The van der Waals surface area contributed by atoms with E-state index in [2.05, 4.69) is 45.9 Å². The van der Waals surface area contributed by atoms with Crippen molar-refractivity contribution in [3.8, 4) is 0 Å². The Labute approximate surface area is 112 Å². The van der Waals surface area contributed by atoms with Gasteiger partial charge in [0.05, 0.1) is 0 Å². The molecule has 4 atom stereocenters. The molecule has 1 saturated carbocycles. The SMILES string of the molecule is Cc1ccc(C(N)C2CCC(C)C(C)C2)c(C)c1. The Morgan fingerprint density at radius 3 is 2.44 bits per heavy atom. The summed E-state index contributed by atoms with van der Waals surface area (Å²) in [4.78, 5) is 0. The maximum Gasteiger partial charge on any atom is 0.0326 e. The fourth-order valence-electron chi connectivity index (χ4n) is 3.37. The Balaban J connectivity index is 2.13. The van der Waals surface area contributed by atoms with Gasteiger partial charge in [-0.1, -0.05) is 44.0 Å². The summed E-state index contributed by atoms with van der Waals surface area (Å²) in [5.74, 6) is 2.35. The van der Waals surface area contributed by atoms with Crippen LogP contribution >= 0.6 is 0 Å². The van der Waals surface area contributed by atoms with Crippen LogP contribution in [0.25, 0.3) is 0 Å². The van der Waals surface area contributed by atoms with Crippen LogP contribution in [0.15, 0.2) is 18.2 Å². The Morgan fingerprint density at radius 1 is 1.11 bits per heavy atom. The molecule has 1 aliphatic carbocycles. The topological polar surface area (TPSA) is 26.0 Å². The molecular weight excluding hydrogens is 218 g/mol. The lowest BCUT2D eigenvalue weighted by atomic mass is 9.72. The van der Waals surface area contributed by atoms with Gasteiger partial charge in [-0.15, -0.1) is 0 Å². The Kier molecular flexibility index (Phi) is 4.11. The van der Waals surface area contributed by atoms with Crippen molar-refractivity contribution in [2.45, 2.75) is 53.0 Å². The highest BCUT2D eigenvalue weighted by atomic mass is 14.7. The van der Waals surface area contributed by atoms with Crippen molar-refractivity contribution in [2.24, 2.45) is 23.5 Å². The van der Waals surface area contributed by atoms with E-state index in [0.717, 1.165) is 11.8 Å². The third kappa shape index (κ3) is 2.77. The monoisotopic (exact) mass is 245 g/mol. The lowest BCUT2D eigenvalue weighted by Crippen LogP contribution is -2.29. The minimum absolute atomic E-state index is 0.223. The van der Waals surface area contributed by atoms with Gasteiger partial charge in [0.25, 0.3) is 0 Å². The minimum Gasteiger partial charge on any atom is -0.324 e. The van der Waals surface area contributed by atoms with Crippen molar-refractivity contribution >= 4 is 0 Å². The molecule has 1 heteroatoms. The lowest BCUT2D eigenvalue weighted by Gasteiger charge is -2.35. The molecule has 0 saturated heterocycles. The number of nitrogens with two attached hydrogens (primary N) is 1. The van der Waals surface area contributed by atoms with Crippen molar-refractivity contribution in [2.75, 3.05) is 0 Å². The second-order valence-corrected chi connectivity index (χ2v) is 6.41. The van der Waals surface area contributed by atoms with Gasteiger partial charge >= 0.3 is 0 Å². The van der Waals surface area contributed by atoms with E-state index in [0.29, 0.717) is 5.92 Å².